The molecule has 156 valence electrons. The first kappa shape index (κ1) is 19.3. The number of rotatable bonds is 4. The van der Waals surface area contributed by atoms with Crippen molar-refractivity contribution in [2.75, 3.05) is 10.6 Å². The number of halogens is 1. The maximum atomic E-state index is 14.3. The normalized spacial score (nSPS) is 23.8. The van der Waals surface area contributed by atoms with E-state index in [0.717, 1.165) is 5.56 Å². The van der Waals surface area contributed by atoms with Crippen LogP contribution in [0.5, 0.6) is 0 Å². The van der Waals surface area contributed by atoms with Crippen LogP contribution in [-0.2, 0) is 22.2 Å². The second kappa shape index (κ2) is 6.41. The Morgan fingerprint density at radius 1 is 1.13 bits per heavy atom. The van der Waals surface area contributed by atoms with Gasteiger partial charge in [-0.05, 0) is 65.6 Å². The topological polar surface area (TPSA) is 83.6 Å². The first-order chi connectivity index (χ1) is 14.8. The highest BCUT2D eigenvalue weighted by atomic mass is 19.1. The Morgan fingerprint density at radius 2 is 1.87 bits per heavy atom. The Labute approximate surface area is 178 Å². The van der Waals surface area contributed by atoms with Gasteiger partial charge in [-0.3, -0.25) is 4.79 Å². The number of hydrogen-bond donors (Lipinski definition) is 2. The average Bonchev–Trinajstić information content (AvgIpc) is 3.33. The summed E-state index contributed by atoms with van der Waals surface area (Å²) in [7, 11) is 0. The molecule has 6 heteroatoms. The molecule has 1 spiro atoms. The number of benzene rings is 3. The average molecular weight is 416 g/mol. The molecule has 0 unspecified atom stereocenters. The minimum atomic E-state index is -1.02. The van der Waals surface area contributed by atoms with E-state index in [-0.39, 0.29) is 23.8 Å². The van der Waals surface area contributed by atoms with Gasteiger partial charge in [0.2, 0.25) is 5.91 Å². The zero-order chi connectivity index (χ0) is 22.0. The quantitative estimate of drug-likeness (QED) is 0.623. The van der Waals surface area contributed by atoms with E-state index in [0.29, 0.717) is 28.9 Å². The summed E-state index contributed by atoms with van der Waals surface area (Å²) in [6, 6.07) is 18.5. The fourth-order valence-electron chi connectivity index (χ4n) is 5.07. The number of carboxylic acids is 1. The van der Waals surface area contributed by atoms with E-state index < -0.39 is 16.8 Å². The first-order valence-corrected chi connectivity index (χ1v) is 10.1. The number of nitrogens with zero attached hydrogens (tertiary/aromatic N) is 1. The number of anilines is 2. The van der Waals surface area contributed by atoms with E-state index in [9.17, 15) is 19.1 Å². The Balaban J connectivity index is 1.58. The molecule has 0 bridgehead atoms. The third-order valence-electron chi connectivity index (χ3n) is 6.82. The lowest BCUT2D eigenvalue weighted by molar-refractivity contribution is -0.120. The molecule has 1 amide bonds. The molecular weight excluding hydrogens is 395 g/mol. The van der Waals surface area contributed by atoms with Crippen LogP contribution in [0.15, 0.2) is 66.7 Å². The van der Waals surface area contributed by atoms with Gasteiger partial charge < -0.3 is 15.7 Å². The predicted molar refractivity (Wildman–Crippen MR) is 115 cm³/mol. The van der Waals surface area contributed by atoms with Crippen LogP contribution < -0.4 is 10.6 Å². The maximum Gasteiger partial charge on any atom is 0.335 e. The maximum absolute atomic E-state index is 14.3. The highest BCUT2D eigenvalue weighted by molar-refractivity contribution is 6.12. The number of aromatic carboxylic acids is 1. The molecule has 0 radical (unpaired) electrons. The van der Waals surface area contributed by atoms with Crippen molar-refractivity contribution in [3.05, 3.63) is 94.8 Å². The number of hydrogen-bond acceptors (Lipinski definition) is 3. The summed E-state index contributed by atoms with van der Waals surface area (Å²) >= 11 is 0. The number of amides is 1. The van der Waals surface area contributed by atoms with E-state index >= 15 is 0 Å². The van der Waals surface area contributed by atoms with Crippen molar-refractivity contribution < 1.29 is 19.1 Å². The first-order valence-electron chi connectivity index (χ1n) is 10.1. The van der Waals surface area contributed by atoms with Crippen molar-refractivity contribution in [1.82, 2.24) is 0 Å². The molecule has 1 saturated carbocycles. The van der Waals surface area contributed by atoms with E-state index in [2.05, 4.69) is 0 Å². The molecule has 2 atom stereocenters. The molecule has 2 aliphatic rings. The van der Waals surface area contributed by atoms with Gasteiger partial charge in [-0.25, -0.2) is 9.18 Å². The molecule has 1 fully saturated rings. The third kappa shape index (κ3) is 2.68. The fraction of sp³-hybridized carbons (Fsp3) is 0.200. The minimum Gasteiger partial charge on any atom is -0.478 e. The van der Waals surface area contributed by atoms with Gasteiger partial charge in [-0.15, -0.1) is 0 Å². The number of nitrogens with two attached hydrogens (primary N) is 1. The van der Waals surface area contributed by atoms with Gasteiger partial charge in [-0.1, -0.05) is 31.2 Å². The molecular formula is C25H21FN2O3. The van der Waals surface area contributed by atoms with Crippen molar-refractivity contribution in [2.24, 2.45) is 0 Å². The smallest absolute Gasteiger partial charge is 0.335 e. The van der Waals surface area contributed by atoms with Gasteiger partial charge in [0.25, 0.3) is 0 Å². The number of fused-ring (bicyclic) bond motifs is 2. The summed E-state index contributed by atoms with van der Waals surface area (Å²) in [4.78, 5) is 26.8. The standard InChI is InChI=1S/C25H21FN2O3/c1-24(17-5-8-19(27)9-6-17)14-25(24)20-12-18(26)7-10-21(20)28(23(25)31)13-15-3-2-4-16(11-15)22(29)30/h2-12H,13-14,27H2,1H3,(H,29,30)/t24-,25+/m0/s1. The van der Waals surface area contributed by atoms with Crippen LogP contribution in [0.4, 0.5) is 15.8 Å². The van der Waals surface area contributed by atoms with Crippen molar-refractivity contribution in [2.45, 2.75) is 30.7 Å². The van der Waals surface area contributed by atoms with Crippen LogP contribution in [0.2, 0.25) is 0 Å². The van der Waals surface area contributed by atoms with Gasteiger partial charge in [-0.2, -0.15) is 0 Å². The fourth-order valence-corrected chi connectivity index (χ4v) is 5.07. The van der Waals surface area contributed by atoms with Gasteiger partial charge in [0.05, 0.1) is 17.5 Å². The van der Waals surface area contributed by atoms with Crippen LogP contribution in [-0.4, -0.2) is 17.0 Å². The Hall–Kier alpha value is -3.67. The van der Waals surface area contributed by atoms with E-state index in [1.54, 1.807) is 29.2 Å². The number of carbonyl (C=O) groups is 2. The summed E-state index contributed by atoms with van der Waals surface area (Å²) in [5, 5.41) is 9.29. The van der Waals surface area contributed by atoms with Crippen LogP contribution in [0.25, 0.3) is 0 Å². The highest BCUT2D eigenvalue weighted by Crippen LogP contribution is 2.70. The highest BCUT2D eigenvalue weighted by Gasteiger charge is 2.74. The SMILES string of the molecule is C[C@@]1(c2ccc(N)cc2)C[C@@]12C(=O)N(Cc1cccc(C(=O)O)c1)c1ccc(F)cc12. The monoisotopic (exact) mass is 416 g/mol. The molecule has 5 nitrogen and oxygen atoms in total. The molecule has 3 aromatic rings. The summed E-state index contributed by atoms with van der Waals surface area (Å²) in [5.74, 6) is -1.49. The summed E-state index contributed by atoms with van der Waals surface area (Å²) in [6.45, 7) is 2.25. The number of nitrogen functional groups attached to an aromatic ring is 1. The van der Waals surface area contributed by atoms with Crippen LogP contribution in [0.3, 0.4) is 0 Å². The molecule has 3 aromatic carbocycles. The van der Waals surface area contributed by atoms with E-state index in [1.807, 2.05) is 31.2 Å². The molecule has 1 heterocycles. The van der Waals surface area contributed by atoms with Crippen molar-refractivity contribution >= 4 is 23.3 Å². The molecule has 5 rings (SSSR count). The largest absolute Gasteiger partial charge is 0.478 e. The second-order valence-electron chi connectivity index (χ2n) is 8.59. The lowest BCUT2D eigenvalue weighted by Gasteiger charge is -2.21. The zero-order valence-electron chi connectivity index (χ0n) is 16.9. The van der Waals surface area contributed by atoms with Crippen LogP contribution in [0, 0.1) is 5.82 Å². The predicted octanol–water partition coefficient (Wildman–Crippen LogP) is 4.25. The summed E-state index contributed by atoms with van der Waals surface area (Å²) < 4.78 is 14.3. The summed E-state index contributed by atoms with van der Waals surface area (Å²) in [5.41, 5.74) is 8.37. The molecule has 1 aliphatic heterocycles. The van der Waals surface area contributed by atoms with Gasteiger partial charge in [0, 0.05) is 16.8 Å². The molecule has 31 heavy (non-hydrogen) atoms. The van der Waals surface area contributed by atoms with Crippen LogP contribution >= 0.6 is 0 Å². The van der Waals surface area contributed by atoms with Crippen molar-refractivity contribution in [3.8, 4) is 0 Å². The lowest BCUT2D eigenvalue weighted by Crippen LogP contribution is -2.35. The number of carbonyl (C=O) groups excluding carboxylic acids is 1. The Morgan fingerprint density at radius 3 is 2.58 bits per heavy atom. The molecule has 0 aromatic heterocycles. The Bertz CT molecular complexity index is 1240. The number of carboxylic acid groups (broad SMARTS) is 1. The summed E-state index contributed by atoms with van der Waals surface area (Å²) in [6.07, 6.45) is 0.574. The molecule has 1 aliphatic carbocycles. The van der Waals surface area contributed by atoms with E-state index in [4.69, 9.17) is 5.73 Å². The van der Waals surface area contributed by atoms with Gasteiger partial charge in [0.15, 0.2) is 0 Å². The van der Waals surface area contributed by atoms with Crippen LogP contribution in [0.1, 0.15) is 40.4 Å². The Kier molecular flexibility index (Phi) is 3.99. The lowest BCUT2D eigenvalue weighted by atomic mass is 9.83. The third-order valence-corrected chi connectivity index (χ3v) is 6.82. The molecule has 3 N–H and O–H groups in total. The van der Waals surface area contributed by atoms with E-state index in [1.165, 1.54) is 18.2 Å². The van der Waals surface area contributed by atoms with Crippen molar-refractivity contribution in [3.63, 3.8) is 0 Å². The van der Waals surface area contributed by atoms with Gasteiger partial charge >= 0.3 is 5.97 Å². The molecule has 0 saturated heterocycles. The van der Waals surface area contributed by atoms with Gasteiger partial charge in [0.1, 0.15) is 5.82 Å². The second-order valence-corrected chi connectivity index (χ2v) is 8.59. The van der Waals surface area contributed by atoms with Crippen molar-refractivity contribution in [1.29, 1.82) is 0 Å². The zero-order valence-corrected chi connectivity index (χ0v) is 16.9. The minimum absolute atomic E-state index is 0.0897.